The number of hydrogen-bond acceptors (Lipinski definition) is 5. The van der Waals surface area contributed by atoms with E-state index in [1.165, 1.54) is 11.1 Å². The summed E-state index contributed by atoms with van der Waals surface area (Å²) in [5.74, 6) is 0.576. The normalized spacial score (nSPS) is 28.1. The van der Waals surface area contributed by atoms with Crippen LogP contribution < -0.4 is 0 Å². The van der Waals surface area contributed by atoms with Crippen molar-refractivity contribution in [1.82, 2.24) is 14.8 Å². The highest BCUT2D eigenvalue weighted by atomic mass is 16.5. The van der Waals surface area contributed by atoms with Crippen LogP contribution in [-0.2, 0) is 17.8 Å². The standard InChI is InChI=1S/C19H25N3O2/c1-23-19-4-7-22(11-16-5-8-24-14-16)18-13-21(12-17(18)19)10-15-3-2-6-20-9-15/h2-3,5-6,8-9,14,17-19H,4,7,10-13H2,1H3/t17-,18+,19-/m1/s1. The highest BCUT2D eigenvalue weighted by Gasteiger charge is 2.44. The molecule has 24 heavy (non-hydrogen) atoms. The van der Waals surface area contributed by atoms with Crippen LogP contribution in [0.3, 0.4) is 0 Å². The summed E-state index contributed by atoms with van der Waals surface area (Å²) >= 11 is 0. The highest BCUT2D eigenvalue weighted by molar-refractivity contribution is 5.11. The van der Waals surface area contributed by atoms with Gasteiger partial charge in [-0.25, -0.2) is 0 Å². The van der Waals surface area contributed by atoms with Crippen LogP contribution in [-0.4, -0.2) is 53.7 Å². The molecule has 4 heterocycles. The molecule has 128 valence electrons. The molecule has 3 atom stereocenters. The molecule has 2 saturated heterocycles. The van der Waals surface area contributed by atoms with Crippen LogP contribution in [0.4, 0.5) is 0 Å². The second-order valence-electron chi connectivity index (χ2n) is 6.95. The number of rotatable bonds is 5. The average Bonchev–Trinajstić information content (AvgIpc) is 3.26. The second-order valence-corrected chi connectivity index (χ2v) is 6.95. The Morgan fingerprint density at radius 1 is 1.25 bits per heavy atom. The van der Waals surface area contributed by atoms with Gasteiger partial charge in [-0.2, -0.15) is 0 Å². The van der Waals surface area contributed by atoms with E-state index in [9.17, 15) is 0 Å². The van der Waals surface area contributed by atoms with Crippen molar-refractivity contribution in [3.05, 3.63) is 54.2 Å². The van der Waals surface area contributed by atoms with Crippen molar-refractivity contribution in [3.8, 4) is 0 Å². The van der Waals surface area contributed by atoms with Gasteiger partial charge >= 0.3 is 0 Å². The van der Waals surface area contributed by atoms with E-state index >= 15 is 0 Å². The summed E-state index contributed by atoms with van der Waals surface area (Å²) in [7, 11) is 1.86. The van der Waals surface area contributed by atoms with Gasteiger partial charge in [0.2, 0.25) is 0 Å². The summed E-state index contributed by atoms with van der Waals surface area (Å²) in [5, 5.41) is 0. The molecule has 4 rings (SSSR count). The van der Waals surface area contributed by atoms with Gasteiger partial charge in [-0.05, 0) is 24.1 Å². The molecule has 2 aliphatic heterocycles. The topological polar surface area (TPSA) is 41.7 Å². The van der Waals surface area contributed by atoms with Crippen molar-refractivity contribution < 1.29 is 9.15 Å². The van der Waals surface area contributed by atoms with E-state index in [1.54, 1.807) is 6.26 Å². The SMILES string of the molecule is CO[C@@H]1CCN(Cc2ccoc2)[C@H]2CN(Cc3cccnc3)C[C@@H]12. The maximum Gasteiger partial charge on any atom is 0.0947 e. The van der Waals surface area contributed by atoms with Gasteiger partial charge in [0.25, 0.3) is 0 Å². The summed E-state index contributed by atoms with van der Waals surface area (Å²) in [6, 6.07) is 6.79. The van der Waals surface area contributed by atoms with Gasteiger partial charge in [0, 0.05) is 69.8 Å². The Balaban J connectivity index is 1.47. The Hall–Kier alpha value is -1.69. The van der Waals surface area contributed by atoms with Gasteiger partial charge in [-0.15, -0.1) is 0 Å². The van der Waals surface area contributed by atoms with Crippen LogP contribution in [0.5, 0.6) is 0 Å². The van der Waals surface area contributed by atoms with Crippen molar-refractivity contribution in [3.63, 3.8) is 0 Å². The van der Waals surface area contributed by atoms with E-state index in [-0.39, 0.29) is 0 Å². The minimum Gasteiger partial charge on any atom is -0.472 e. The number of methoxy groups -OCH3 is 1. The lowest BCUT2D eigenvalue weighted by molar-refractivity contribution is -0.0245. The molecule has 0 saturated carbocycles. The van der Waals surface area contributed by atoms with E-state index in [2.05, 4.69) is 26.9 Å². The second kappa shape index (κ2) is 7.05. The molecule has 0 aliphatic carbocycles. The maximum atomic E-state index is 5.80. The van der Waals surface area contributed by atoms with E-state index in [0.717, 1.165) is 39.1 Å². The fraction of sp³-hybridized carbons (Fsp3) is 0.526. The molecule has 5 nitrogen and oxygen atoms in total. The molecule has 2 aliphatic rings. The van der Waals surface area contributed by atoms with Crippen LogP contribution in [0.2, 0.25) is 0 Å². The number of ether oxygens (including phenoxy) is 1. The summed E-state index contributed by atoms with van der Waals surface area (Å²) in [6.45, 7) is 5.22. The quantitative estimate of drug-likeness (QED) is 0.843. The van der Waals surface area contributed by atoms with Crippen molar-refractivity contribution in [2.75, 3.05) is 26.7 Å². The Bertz CT molecular complexity index is 631. The fourth-order valence-electron chi connectivity index (χ4n) is 4.30. The number of aromatic nitrogens is 1. The number of furan rings is 1. The molecular formula is C19H25N3O2. The Morgan fingerprint density at radius 2 is 2.21 bits per heavy atom. The molecule has 0 bridgehead atoms. The maximum absolute atomic E-state index is 5.80. The zero-order valence-electron chi connectivity index (χ0n) is 14.2. The molecule has 0 spiro atoms. The number of piperidine rings is 1. The number of pyridine rings is 1. The first-order valence-electron chi connectivity index (χ1n) is 8.72. The van der Waals surface area contributed by atoms with Crippen LogP contribution in [0, 0.1) is 5.92 Å². The molecule has 2 fully saturated rings. The van der Waals surface area contributed by atoms with Crippen molar-refractivity contribution in [1.29, 1.82) is 0 Å². The number of hydrogen-bond donors (Lipinski definition) is 0. The van der Waals surface area contributed by atoms with Gasteiger partial charge in [0.15, 0.2) is 0 Å². The molecule has 0 unspecified atom stereocenters. The lowest BCUT2D eigenvalue weighted by Crippen LogP contribution is -2.50. The molecule has 2 aromatic rings. The van der Waals surface area contributed by atoms with Crippen LogP contribution in [0.1, 0.15) is 17.5 Å². The zero-order valence-corrected chi connectivity index (χ0v) is 14.2. The van der Waals surface area contributed by atoms with E-state index in [0.29, 0.717) is 18.1 Å². The number of fused-ring (bicyclic) bond motifs is 1. The third kappa shape index (κ3) is 3.24. The lowest BCUT2D eigenvalue weighted by atomic mass is 9.89. The molecule has 0 amide bonds. The average molecular weight is 327 g/mol. The Kier molecular flexibility index (Phi) is 4.65. The third-order valence-corrected chi connectivity index (χ3v) is 5.45. The molecular weight excluding hydrogens is 302 g/mol. The Labute approximate surface area is 143 Å². The minimum atomic E-state index is 0.370. The molecule has 2 aromatic heterocycles. The molecule has 0 N–H and O–H groups in total. The van der Waals surface area contributed by atoms with E-state index in [4.69, 9.17) is 9.15 Å². The van der Waals surface area contributed by atoms with Crippen molar-refractivity contribution in [2.24, 2.45) is 5.92 Å². The smallest absolute Gasteiger partial charge is 0.0947 e. The summed E-state index contributed by atoms with van der Waals surface area (Å²) in [5.41, 5.74) is 2.54. The fourth-order valence-corrected chi connectivity index (χ4v) is 4.30. The Morgan fingerprint density at radius 3 is 2.96 bits per heavy atom. The van der Waals surface area contributed by atoms with E-state index in [1.807, 2.05) is 31.8 Å². The van der Waals surface area contributed by atoms with Gasteiger partial charge in [-0.3, -0.25) is 14.8 Å². The molecule has 0 radical (unpaired) electrons. The minimum absolute atomic E-state index is 0.370. The first kappa shape index (κ1) is 15.8. The number of nitrogens with zero attached hydrogens (tertiary/aromatic N) is 3. The van der Waals surface area contributed by atoms with Crippen molar-refractivity contribution in [2.45, 2.75) is 31.7 Å². The van der Waals surface area contributed by atoms with Gasteiger partial charge in [0.1, 0.15) is 0 Å². The van der Waals surface area contributed by atoms with Gasteiger partial charge in [0.05, 0.1) is 18.6 Å². The lowest BCUT2D eigenvalue weighted by Gasteiger charge is -2.41. The largest absolute Gasteiger partial charge is 0.472 e. The van der Waals surface area contributed by atoms with Crippen LogP contribution in [0.25, 0.3) is 0 Å². The van der Waals surface area contributed by atoms with E-state index < -0.39 is 0 Å². The third-order valence-electron chi connectivity index (χ3n) is 5.45. The first-order valence-corrected chi connectivity index (χ1v) is 8.72. The van der Waals surface area contributed by atoms with Gasteiger partial charge in [-0.1, -0.05) is 6.07 Å². The van der Waals surface area contributed by atoms with Crippen LogP contribution in [0.15, 0.2) is 47.5 Å². The predicted octanol–water partition coefficient (Wildman–Crippen LogP) is 2.40. The van der Waals surface area contributed by atoms with Gasteiger partial charge < -0.3 is 9.15 Å². The predicted molar refractivity (Wildman–Crippen MR) is 91.3 cm³/mol. The summed E-state index contributed by atoms with van der Waals surface area (Å²) < 4.78 is 11.0. The molecule has 5 heteroatoms. The summed E-state index contributed by atoms with van der Waals surface area (Å²) in [6.07, 6.45) is 8.91. The molecule has 0 aromatic carbocycles. The summed E-state index contributed by atoms with van der Waals surface area (Å²) in [4.78, 5) is 9.39. The van der Waals surface area contributed by atoms with Crippen LogP contribution >= 0.6 is 0 Å². The van der Waals surface area contributed by atoms with Crippen molar-refractivity contribution >= 4 is 0 Å². The number of likely N-dealkylation sites (tertiary alicyclic amines) is 2. The monoisotopic (exact) mass is 327 g/mol. The zero-order chi connectivity index (χ0) is 16.4. The highest BCUT2D eigenvalue weighted by Crippen LogP contribution is 2.34. The first-order chi connectivity index (χ1) is 11.8.